The molecule has 31 heavy (non-hydrogen) atoms. The van der Waals surface area contributed by atoms with Crippen molar-refractivity contribution >= 4 is 17.6 Å². The summed E-state index contributed by atoms with van der Waals surface area (Å²) in [6.07, 6.45) is -2.40. The quantitative estimate of drug-likeness (QED) is 0.770. The summed E-state index contributed by atoms with van der Waals surface area (Å²) in [4.78, 5) is 36.1. The largest absolute Gasteiger partial charge is 0.468 e. The van der Waals surface area contributed by atoms with Crippen molar-refractivity contribution in [2.75, 3.05) is 18.1 Å². The molecule has 1 fully saturated rings. The summed E-state index contributed by atoms with van der Waals surface area (Å²) in [7, 11) is 0. The van der Waals surface area contributed by atoms with Crippen LogP contribution in [0.4, 0.5) is 19.0 Å². The van der Waals surface area contributed by atoms with E-state index in [-0.39, 0.29) is 43.7 Å². The molecule has 2 aliphatic heterocycles. The van der Waals surface area contributed by atoms with E-state index >= 15 is 0 Å². The Morgan fingerprint density at radius 2 is 2.06 bits per heavy atom. The number of aryl methyl sites for hydroxylation is 1. The zero-order chi connectivity index (χ0) is 22.3. The summed E-state index contributed by atoms with van der Waals surface area (Å²) in [5, 5.41) is 9.76. The van der Waals surface area contributed by atoms with Gasteiger partial charge < -0.3 is 14.7 Å². The minimum absolute atomic E-state index is 0.0106. The van der Waals surface area contributed by atoms with Crippen molar-refractivity contribution in [3.05, 3.63) is 46.8 Å². The molecule has 2 aromatic rings. The number of aliphatic hydroxyl groups excluding tert-OH is 1. The Morgan fingerprint density at radius 3 is 2.71 bits per heavy atom. The van der Waals surface area contributed by atoms with Crippen LogP contribution in [-0.2, 0) is 17.9 Å². The molecule has 0 bridgehead atoms. The minimum atomic E-state index is -4.46. The van der Waals surface area contributed by atoms with Crippen molar-refractivity contribution in [2.45, 2.75) is 38.7 Å². The van der Waals surface area contributed by atoms with Crippen LogP contribution in [0, 0.1) is 6.92 Å². The van der Waals surface area contributed by atoms with Crippen LogP contribution < -0.4 is 9.64 Å². The number of alkyl halides is 3. The zero-order valence-corrected chi connectivity index (χ0v) is 16.5. The number of fused-ring (bicyclic) bond motifs is 1. The number of aliphatic hydroxyl groups is 1. The molecule has 1 N–H and O–H groups in total. The van der Waals surface area contributed by atoms with E-state index in [1.807, 2.05) is 0 Å². The highest BCUT2D eigenvalue weighted by Gasteiger charge is 2.36. The summed E-state index contributed by atoms with van der Waals surface area (Å²) in [5.74, 6) is -0.260. The average Bonchev–Trinajstić information content (AvgIpc) is 3.19. The van der Waals surface area contributed by atoms with Gasteiger partial charge in [-0.05, 0) is 24.6 Å². The third-order valence-electron chi connectivity index (χ3n) is 5.09. The second-order valence-electron chi connectivity index (χ2n) is 7.55. The van der Waals surface area contributed by atoms with Crippen molar-refractivity contribution in [1.29, 1.82) is 0 Å². The summed E-state index contributed by atoms with van der Waals surface area (Å²) < 4.78 is 41.7. The van der Waals surface area contributed by atoms with Gasteiger partial charge in [0.05, 0.1) is 25.6 Å². The van der Waals surface area contributed by atoms with Crippen LogP contribution in [-0.4, -0.2) is 57.2 Å². The van der Waals surface area contributed by atoms with Gasteiger partial charge >= 0.3 is 6.18 Å². The Labute approximate surface area is 175 Å². The van der Waals surface area contributed by atoms with Crippen LogP contribution in [0.5, 0.6) is 5.88 Å². The van der Waals surface area contributed by atoms with Gasteiger partial charge in [-0.1, -0.05) is 0 Å². The molecule has 2 amide bonds. The second kappa shape index (κ2) is 7.80. The van der Waals surface area contributed by atoms with Crippen molar-refractivity contribution in [2.24, 2.45) is 0 Å². The normalized spacial score (nSPS) is 18.7. The van der Waals surface area contributed by atoms with E-state index in [0.717, 1.165) is 0 Å². The molecular weight excluding hydrogens is 417 g/mol. The molecule has 2 aliphatic rings. The maximum atomic E-state index is 12.9. The van der Waals surface area contributed by atoms with Gasteiger partial charge in [-0.15, -0.1) is 0 Å². The number of nitrogens with zero attached hydrogens (tertiary/aromatic N) is 4. The Balaban J connectivity index is 1.50. The number of amides is 2. The fraction of sp³-hybridized carbons (Fsp3) is 0.400. The molecule has 8 nitrogen and oxygen atoms in total. The number of anilines is 1. The molecule has 0 saturated carbocycles. The number of pyridine rings is 2. The van der Waals surface area contributed by atoms with Crippen molar-refractivity contribution in [3.63, 3.8) is 0 Å². The molecular formula is C20H19F3N4O4. The van der Waals surface area contributed by atoms with Crippen molar-refractivity contribution < 1.29 is 32.6 Å². The highest BCUT2D eigenvalue weighted by atomic mass is 19.4. The highest BCUT2D eigenvalue weighted by Crippen LogP contribution is 2.33. The first kappa shape index (κ1) is 21.0. The Morgan fingerprint density at radius 1 is 1.29 bits per heavy atom. The lowest BCUT2D eigenvalue weighted by Crippen LogP contribution is -2.27. The first-order chi connectivity index (χ1) is 14.6. The molecule has 0 radical (unpaired) electrons. The zero-order valence-electron chi connectivity index (χ0n) is 16.5. The smallest absolute Gasteiger partial charge is 0.422 e. The minimum Gasteiger partial charge on any atom is -0.468 e. The number of ether oxygens (including phenoxy) is 1. The topological polar surface area (TPSA) is 95.9 Å². The number of hydrogen-bond donors (Lipinski definition) is 1. The lowest BCUT2D eigenvalue weighted by molar-refractivity contribution is -0.154. The Hall–Kier alpha value is -3.21. The third-order valence-corrected chi connectivity index (χ3v) is 5.09. The van der Waals surface area contributed by atoms with Crippen LogP contribution in [0.15, 0.2) is 24.5 Å². The highest BCUT2D eigenvalue weighted by molar-refractivity contribution is 6.02. The van der Waals surface area contributed by atoms with Gasteiger partial charge in [0, 0.05) is 35.6 Å². The molecule has 2 aromatic heterocycles. The first-order valence-electron chi connectivity index (χ1n) is 9.53. The maximum absolute atomic E-state index is 12.9. The number of carbonyl (C=O) groups is 2. The monoisotopic (exact) mass is 436 g/mol. The number of β-amino-alcohol motifs (C(OH)–C–C–N with tert-alkyl or cyclic N) is 1. The van der Waals surface area contributed by atoms with Gasteiger partial charge in [-0.2, -0.15) is 13.2 Å². The molecule has 164 valence electrons. The fourth-order valence-electron chi connectivity index (χ4n) is 3.75. The van der Waals surface area contributed by atoms with E-state index in [1.165, 1.54) is 17.3 Å². The summed E-state index contributed by atoms with van der Waals surface area (Å²) in [6.45, 7) is 0.660. The number of halogens is 3. The van der Waals surface area contributed by atoms with Gasteiger partial charge in [0.15, 0.2) is 6.61 Å². The number of aromatic nitrogens is 2. The molecule has 0 aliphatic carbocycles. The van der Waals surface area contributed by atoms with Crippen LogP contribution in [0.25, 0.3) is 0 Å². The van der Waals surface area contributed by atoms with E-state index < -0.39 is 18.9 Å². The number of carbonyl (C=O) groups excluding carboxylic acids is 2. The van der Waals surface area contributed by atoms with Gasteiger partial charge in [-0.25, -0.2) is 9.97 Å². The maximum Gasteiger partial charge on any atom is 0.422 e. The van der Waals surface area contributed by atoms with Crippen LogP contribution >= 0.6 is 0 Å². The third kappa shape index (κ3) is 4.31. The van der Waals surface area contributed by atoms with Gasteiger partial charge in [0.2, 0.25) is 11.8 Å². The summed E-state index contributed by atoms with van der Waals surface area (Å²) >= 11 is 0. The van der Waals surface area contributed by atoms with Gasteiger partial charge in [0.1, 0.15) is 5.82 Å². The second-order valence-corrected chi connectivity index (χ2v) is 7.55. The van der Waals surface area contributed by atoms with E-state index in [1.54, 1.807) is 24.0 Å². The molecule has 0 unspecified atom stereocenters. The van der Waals surface area contributed by atoms with Crippen LogP contribution in [0.2, 0.25) is 0 Å². The number of hydrogen-bond acceptors (Lipinski definition) is 6. The summed E-state index contributed by atoms with van der Waals surface area (Å²) in [5.41, 5.74) is 2.07. The lowest BCUT2D eigenvalue weighted by atomic mass is 10.1. The SMILES string of the molecule is Cc1cc(CN2Cc3c(ccnc3N3C[C@@H](O)CC3=O)C2=O)cnc1OCC(F)(F)F. The lowest BCUT2D eigenvalue weighted by Gasteiger charge is -2.19. The predicted octanol–water partition coefficient (Wildman–Crippen LogP) is 1.98. The van der Waals surface area contributed by atoms with Crippen LogP contribution in [0.3, 0.4) is 0 Å². The van der Waals surface area contributed by atoms with E-state index in [0.29, 0.717) is 28.1 Å². The molecule has 4 heterocycles. The van der Waals surface area contributed by atoms with E-state index in [9.17, 15) is 27.9 Å². The molecule has 11 heteroatoms. The van der Waals surface area contributed by atoms with Gasteiger partial charge in [-0.3, -0.25) is 14.5 Å². The molecule has 1 atom stereocenters. The molecule has 1 saturated heterocycles. The van der Waals surface area contributed by atoms with Crippen molar-refractivity contribution in [3.8, 4) is 5.88 Å². The van der Waals surface area contributed by atoms with Crippen LogP contribution in [0.1, 0.15) is 33.5 Å². The van der Waals surface area contributed by atoms with Gasteiger partial charge in [0.25, 0.3) is 5.91 Å². The van der Waals surface area contributed by atoms with E-state index in [4.69, 9.17) is 4.74 Å². The molecule has 0 aromatic carbocycles. The summed E-state index contributed by atoms with van der Waals surface area (Å²) in [6, 6.07) is 3.20. The standard InChI is InChI=1S/C20H19F3N4O4/c1-11-4-12(6-25-18(11)31-10-20(21,22)23)7-26-9-15-14(19(26)30)2-3-24-17(15)27-8-13(28)5-16(27)29/h2-4,6,13,28H,5,7-10H2,1H3/t13-/m0/s1. The molecule has 0 spiro atoms. The molecule has 4 rings (SSSR count). The Kier molecular flexibility index (Phi) is 5.29. The first-order valence-corrected chi connectivity index (χ1v) is 9.53. The van der Waals surface area contributed by atoms with Crippen molar-refractivity contribution in [1.82, 2.24) is 14.9 Å². The fourth-order valence-corrected chi connectivity index (χ4v) is 3.75. The number of rotatable bonds is 5. The Bertz CT molecular complexity index is 1040. The average molecular weight is 436 g/mol. The van der Waals surface area contributed by atoms with E-state index in [2.05, 4.69) is 9.97 Å². The predicted molar refractivity (Wildman–Crippen MR) is 101 cm³/mol.